The standard InChI is InChI=1S/C29H32N2O3/c1-15-8-10-20(18(4)12-15)31-27(33)23-22-14-17(3)19-13-16(2)9-11-21(19)30(22)25(24(23)28(31)34)26(32)29(5,6)7/h8-14,22-25H,1-7H3/t22-,23+,24-,25-/m1/s1. The maximum atomic E-state index is 14.0. The fourth-order valence-corrected chi connectivity index (χ4v) is 5.99. The molecule has 3 aliphatic rings. The second-order valence-electron chi connectivity index (χ2n) is 11.2. The number of fused-ring (bicyclic) bond motifs is 5. The Balaban J connectivity index is 1.69. The fourth-order valence-electron chi connectivity index (χ4n) is 5.99. The summed E-state index contributed by atoms with van der Waals surface area (Å²) in [5.74, 6) is -1.78. The lowest BCUT2D eigenvalue weighted by atomic mass is 9.79. The summed E-state index contributed by atoms with van der Waals surface area (Å²) in [5, 5.41) is 0. The van der Waals surface area contributed by atoms with Crippen molar-refractivity contribution in [2.75, 3.05) is 9.80 Å². The Morgan fingerprint density at radius 3 is 2.03 bits per heavy atom. The highest BCUT2D eigenvalue weighted by molar-refractivity contribution is 6.25. The number of amides is 2. The zero-order valence-electron chi connectivity index (χ0n) is 21.0. The average Bonchev–Trinajstić information content (AvgIpc) is 3.20. The van der Waals surface area contributed by atoms with Crippen LogP contribution in [0.4, 0.5) is 11.4 Å². The predicted molar refractivity (Wildman–Crippen MR) is 135 cm³/mol. The van der Waals surface area contributed by atoms with Gasteiger partial charge >= 0.3 is 0 Å². The summed E-state index contributed by atoms with van der Waals surface area (Å²) in [6.45, 7) is 13.7. The summed E-state index contributed by atoms with van der Waals surface area (Å²) in [4.78, 5) is 45.2. The van der Waals surface area contributed by atoms with Crippen molar-refractivity contribution in [3.05, 3.63) is 64.7 Å². The van der Waals surface area contributed by atoms with Crippen molar-refractivity contribution < 1.29 is 14.4 Å². The SMILES string of the molecule is CC1=C[C@@H]2[C@@H]3C(=O)N(c4ccc(C)cc4C)C(=O)[C@H]3[C@H](C(=O)C(C)(C)C)N2c2ccc(C)cc21. The van der Waals surface area contributed by atoms with Crippen LogP contribution in [-0.2, 0) is 14.4 Å². The minimum absolute atomic E-state index is 0.00638. The van der Waals surface area contributed by atoms with E-state index in [9.17, 15) is 14.4 Å². The Bertz CT molecular complexity index is 1280. The highest BCUT2D eigenvalue weighted by Crippen LogP contribution is 2.52. The van der Waals surface area contributed by atoms with Crippen LogP contribution >= 0.6 is 0 Å². The fraction of sp³-hybridized carbons (Fsp3) is 0.414. The molecule has 34 heavy (non-hydrogen) atoms. The minimum Gasteiger partial charge on any atom is -0.353 e. The van der Waals surface area contributed by atoms with Crippen molar-refractivity contribution in [2.24, 2.45) is 17.3 Å². The lowest BCUT2D eigenvalue weighted by molar-refractivity contribution is -0.132. The quantitative estimate of drug-likeness (QED) is 0.597. The van der Waals surface area contributed by atoms with E-state index in [0.717, 1.165) is 33.5 Å². The molecule has 0 aromatic heterocycles. The minimum atomic E-state index is -0.707. The highest BCUT2D eigenvalue weighted by Gasteiger charge is 2.65. The largest absolute Gasteiger partial charge is 0.353 e. The number of imide groups is 1. The van der Waals surface area contributed by atoms with Crippen molar-refractivity contribution >= 4 is 34.5 Å². The number of Topliss-reactive ketones (excluding diaryl/α,β-unsaturated/α-hetero) is 1. The number of hydrogen-bond acceptors (Lipinski definition) is 4. The number of hydrogen-bond donors (Lipinski definition) is 0. The number of carbonyl (C=O) groups is 3. The van der Waals surface area contributed by atoms with Gasteiger partial charge in [0.25, 0.3) is 0 Å². The van der Waals surface area contributed by atoms with E-state index in [1.165, 1.54) is 4.90 Å². The van der Waals surface area contributed by atoms with Gasteiger partial charge in [0, 0.05) is 16.7 Å². The van der Waals surface area contributed by atoms with Crippen molar-refractivity contribution in [3.8, 4) is 0 Å². The van der Waals surface area contributed by atoms with Crippen molar-refractivity contribution in [1.29, 1.82) is 0 Å². The van der Waals surface area contributed by atoms with Crippen molar-refractivity contribution in [1.82, 2.24) is 0 Å². The van der Waals surface area contributed by atoms with Gasteiger partial charge in [-0.05, 0) is 57.0 Å². The molecule has 0 bridgehead atoms. The molecule has 0 spiro atoms. The molecule has 4 atom stereocenters. The zero-order valence-corrected chi connectivity index (χ0v) is 21.0. The Morgan fingerprint density at radius 1 is 0.824 bits per heavy atom. The van der Waals surface area contributed by atoms with Crippen LogP contribution in [0.1, 0.15) is 49.9 Å². The van der Waals surface area contributed by atoms with Crippen molar-refractivity contribution in [3.63, 3.8) is 0 Å². The first-order valence-electron chi connectivity index (χ1n) is 12.0. The number of aryl methyl sites for hydroxylation is 3. The molecule has 2 amide bonds. The summed E-state index contributed by atoms with van der Waals surface area (Å²) in [5.41, 5.74) is 6.14. The Labute approximate surface area is 201 Å². The predicted octanol–water partition coefficient (Wildman–Crippen LogP) is 5.01. The van der Waals surface area contributed by atoms with E-state index in [2.05, 4.69) is 17.0 Å². The van der Waals surface area contributed by atoms with Gasteiger partial charge < -0.3 is 4.90 Å². The maximum absolute atomic E-state index is 14.0. The van der Waals surface area contributed by atoms with Gasteiger partial charge in [-0.25, -0.2) is 4.90 Å². The van der Waals surface area contributed by atoms with Gasteiger partial charge in [-0.15, -0.1) is 0 Å². The normalized spacial score (nSPS) is 25.8. The summed E-state index contributed by atoms with van der Waals surface area (Å²) in [6.07, 6.45) is 2.09. The molecule has 5 rings (SSSR count). The Kier molecular flexibility index (Phi) is 4.91. The maximum Gasteiger partial charge on any atom is 0.240 e. The summed E-state index contributed by atoms with van der Waals surface area (Å²) < 4.78 is 0. The van der Waals surface area contributed by atoms with Gasteiger partial charge in [0.05, 0.1) is 23.6 Å². The second-order valence-corrected chi connectivity index (χ2v) is 11.2. The molecule has 0 N–H and O–H groups in total. The molecule has 3 aliphatic heterocycles. The van der Waals surface area contributed by atoms with Crippen LogP contribution in [0.3, 0.4) is 0 Å². The lowest BCUT2D eigenvalue weighted by Gasteiger charge is -2.39. The van der Waals surface area contributed by atoms with Crippen molar-refractivity contribution in [2.45, 2.75) is 60.5 Å². The number of anilines is 2. The van der Waals surface area contributed by atoms with Crippen LogP contribution in [0.2, 0.25) is 0 Å². The van der Waals surface area contributed by atoms with E-state index in [-0.39, 0.29) is 23.6 Å². The third kappa shape index (κ3) is 3.09. The number of ketones is 1. The van der Waals surface area contributed by atoms with Gasteiger partial charge in [-0.2, -0.15) is 0 Å². The molecule has 2 saturated heterocycles. The van der Waals surface area contributed by atoms with E-state index in [4.69, 9.17) is 0 Å². The molecule has 2 fully saturated rings. The molecule has 5 nitrogen and oxygen atoms in total. The molecule has 0 unspecified atom stereocenters. The molecule has 2 aromatic carbocycles. The molecule has 0 saturated carbocycles. The number of nitrogens with zero attached hydrogens (tertiary/aromatic N) is 2. The first-order chi connectivity index (χ1) is 15.9. The van der Waals surface area contributed by atoms with Crippen LogP contribution in [0, 0.1) is 38.0 Å². The van der Waals surface area contributed by atoms with Gasteiger partial charge in [0.15, 0.2) is 5.78 Å². The number of carbonyl (C=O) groups excluding carboxylic acids is 3. The van der Waals surface area contributed by atoms with Gasteiger partial charge in [0.2, 0.25) is 11.8 Å². The molecule has 0 aliphatic carbocycles. The first-order valence-corrected chi connectivity index (χ1v) is 12.0. The molecule has 5 heteroatoms. The third-order valence-corrected chi connectivity index (χ3v) is 7.60. The van der Waals surface area contributed by atoms with E-state index >= 15 is 0 Å². The van der Waals surface area contributed by atoms with Crippen LogP contribution < -0.4 is 9.80 Å². The summed E-state index contributed by atoms with van der Waals surface area (Å²) in [6, 6.07) is 10.9. The van der Waals surface area contributed by atoms with E-state index < -0.39 is 23.3 Å². The molecule has 2 aromatic rings. The number of allylic oxidation sites excluding steroid dienone is 1. The van der Waals surface area contributed by atoms with E-state index in [1.54, 1.807) is 0 Å². The number of rotatable bonds is 2. The van der Waals surface area contributed by atoms with Crippen LogP contribution in [0.25, 0.3) is 5.57 Å². The molecule has 3 heterocycles. The highest BCUT2D eigenvalue weighted by atomic mass is 16.2. The average molecular weight is 457 g/mol. The van der Waals surface area contributed by atoms with E-state index in [0.29, 0.717) is 5.69 Å². The monoisotopic (exact) mass is 456 g/mol. The third-order valence-electron chi connectivity index (χ3n) is 7.60. The number of benzene rings is 2. The van der Waals surface area contributed by atoms with Crippen LogP contribution in [0.5, 0.6) is 0 Å². The Morgan fingerprint density at radius 2 is 1.41 bits per heavy atom. The molecular weight excluding hydrogens is 424 g/mol. The zero-order chi connectivity index (χ0) is 24.7. The molecule has 0 radical (unpaired) electrons. The van der Waals surface area contributed by atoms with Gasteiger partial charge in [-0.3, -0.25) is 14.4 Å². The molecular formula is C29H32N2O3. The van der Waals surface area contributed by atoms with Gasteiger partial charge in [0.1, 0.15) is 6.04 Å². The van der Waals surface area contributed by atoms with Crippen LogP contribution in [-0.4, -0.2) is 29.7 Å². The topological polar surface area (TPSA) is 57.7 Å². The Hall–Kier alpha value is -3.21. The second kappa shape index (κ2) is 7.39. The first kappa shape index (κ1) is 22.6. The van der Waals surface area contributed by atoms with Crippen LogP contribution in [0.15, 0.2) is 42.5 Å². The molecule has 176 valence electrons. The van der Waals surface area contributed by atoms with Gasteiger partial charge in [-0.1, -0.05) is 56.2 Å². The van der Waals surface area contributed by atoms with E-state index in [1.807, 2.05) is 78.8 Å². The summed E-state index contributed by atoms with van der Waals surface area (Å²) >= 11 is 0. The lowest BCUT2D eigenvalue weighted by Crippen LogP contribution is -2.51. The smallest absolute Gasteiger partial charge is 0.240 e. The summed E-state index contributed by atoms with van der Waals surface area (Å²) in [7, 11) is 0.